The van der Waals surface area contributed by atoms with Gasteiger partial charge in [-0.1, -0.05) is 0 Å². The van der Waals surface area contributed by atoms with E-state index in [-0.39, 0.29) is 23.0 Å². The molecule has 4 N–H and O–H groups in total. The molecule has 0 aromatic heterocycles. The highest BCUT2D eigenvalue weighted by Gasteiger charge is 2.14. The Kier molecular flexibility index (Phi) is 3.12. The van der Waals surface area contributed by atoms with Crippen molar-refractivity contribution in [1.82, 2.24) is 0 Å². The molecule has 0 aliphatic heterocycles. The van der Waals surface area contributed by atoms with E-state index in [1.807, 2.05) is 0 Å². The molecule has 0 fully saturated rings. The third-order valence-electron chi connectivity index (χ3n) is 2.62. The summed E-state index contributed by atoms with van der Waals surface area (Å²) in [6.07, 6.45) is 0. The van der Waals surface area contributed by atoms with Gasteiger partial charge in [-0.15, -0.1) is 0 Å². The van der Waals surface area contributed by atoms with Crippen molar-refractivity contribution in [2.75, 3.05) is 0 Å². The van der Waals surface area contributed by atoms with E-state index < -0.39 is 11.5 Å². The average molecular weight is 262 g/mol. The van der Waals surface area contributed by atoms with Crippen LogP contribution in [0.5, 0.6) is 34.5 Å². The molecule has 100 valence electrons. The van der Waals surface area contributed by atoms with Gasteiger partial charge in [-0.2, -0.15) is 0 Å². The summed E-state index contributed by atoms with van der Waals surface area (Å²) in [5.74, 6) is -1.48. The highest BCUT2D eigenvalue weighted by molar-refractivity contribution is 5.57. The van der Waals surface area contributed by atoms with Crippen molar-refractivity contribution in [3.8, 4) is 34.5 Å². The number of aromatic hydroxyl groups is 4. The normalized spacial score (nSPS) is 10.4. The van der Waals surface area contributed by atoms with Gasteiger partial charge >= 0.3 is 0 Å². The predicted molar refractivity (Wildman–Crippen MR) is 69.1 cm³/mol. The van der Waals surface area contributed by atoms with Crippen LogP contribution >= 0.6 is 0 Å². The molecule has 0 atom stereocenters. The van der Waals surface area contributed by atoms with Crippen LogP contribution in [-0.2, 0) is 0 Å². The zero-order valence-electron chi connectivity index (χ0n) is 10.5. The first kappa shape index (κ1) is 12.9. The van der Waals surface area contributed by atoms with Crippen molar-refractivity contribution in [2.24, 2.45) is 0 Å². The summed E-state index contributed by atoms with van der Waals surface area (Å²) in [6.45, 7) is 3.44. The molecule has 0 unspecified atom stereocenters. The lowest BCUT2D eigenvalue weighted by Gasteiger charge is -2.12. The van der Waals surface area contributed by atoms with Gasteiger partial charge in [0.1, 0.15) is 0 Å². The second-order valence-corrected chi connectivity index (χ2v) is 4.36. The fourth-order valence-electron chi connectivity index (χ4n) is 1.73. The van der Waals surface area contributed by atoms with Crippen LogP contribution in [0.4, 0.5) is 0 Å². The number of phenolic OH excluding ortho intramolecular Hbond substituents is 4. The first-order valence-electron chi connectivity index (χ1n) is 5.61. The standard InChI is InChI=1S/C14H14O5/c1-7-3-9(15)13(17)11(5-7)19-12-6-8(2)4-10(16)14(12)18/h3-6,15-18H,1-2H3. The number of ether oxygens (including phenoxy) is 1. The van der Waals surface area contributed by atoms with Crippen molar-refractivity contribution in [3.63, 3.8) is 0 Å². The van der Waals surface area contributed by atoms with E-state index in [9.17, 15) is 20.4 Å². The van der Waals surface area contributed by atoms with Crippen molar-refractivity contribution in [2.45, 2.75) is 13.8 Å². The lowest BCUT2D eigenvalue weighted by Crippen LogP contribution is -1.88. The molecule has 0 heterocycles. The number of rotatable bonds is 2. The van der Waals surface area contributed by atoms with E-state index in [1.54, 1.807) is 13.8 Å². The van der Waals surface area contributed by atoms with Crippen LogP contribution in [0.25, 0.3) is 0 Å². The minimum Gasteiger partial charge on any atom is -0.504 e. The molecule has 2 aromatic carbocycles. The Hall–Kier alpha value is -2.56. The molecule has 0 bridgehead atoms. The van der Waals surface area contributed by atoms with Crippen LogP contribution in [0.2, 0.25) is 0 Å². The van der Waals surface area contributed by atoms with E-state index in [1.165, 1.54) is 24.3 Å². The van der Waals surface area contributed by atoms with Gasteiger partial charge in [-0.25, -0.2) is 0 Å². The fraction of sp³-hybridized carbons (Fsp3) is 0.143. The predicted octanol–water partition coefficient (Wildman–Crippen LogP) is 2.92. The summed E-state index contributed by atoms with van der Waals surface area (Å²) in [7, 11) is 0. The third kappa shape index (κ3) is 2.49. The summed E-state index contributed by atoms with van der Waals surface area (Å²) in [6, 6.07) is 5.79. The third-order valence-corrected chi connectivity index (χ3v) is 2.62. The van der Waals surface area contributed by atoms with E-state index in [2.05, 4.69) is 0 Å². The molecule has 0 aliphatic rings. The minimum absolute atomic E-state index is 0.00204. The van der Waals surface area contributed by atoms with Crippen molar-refractivity contribution >= 4 is 0 Å². The van der Waals surface area contributed by atoms with Crippen LogP contribution in [0.15, 0.2) is 24.3 Å². The first-order valence-corrected chi connectivity index (χ1v) is 5.61. The van der Waals surface area contributed by atoms with Gasteiger partial charge in [0.2, 0.25) is 11.5 Å². The van der Waals surface area contributed by atoms with Gasteiger partial charge in [0, 0.05) is 0 Å². The molecule has 19 heavy (non-hydrogen) atoms. The summed E-state index contributed by atoms with van der Waals surface area (Å²) >= 11 is 0. The monoisotopic (exact) mass is 262 g/mol. The molecule has 0 saturated heterocycles. The Balaban J connectivity index is 2.47. The van der Waals surface area contributed by atoms with E-state index >= 15 is 0 Å². The van der Waals surface area contributed by atoms with Crippen LogP contribution < -0.4 is 4.74 Å². The maximum atomic E-state index is 9.69. The highest BCUT2D eigenvalue weighted by atomic mass is 16.5. The van der Waals surface area contributed by atoms with Crippen LogP contribution in [0.1, 0.15) is 11.1 Å². The zero-order chi connectivity index (χ0) is 14.2. The maximum Gasteiger partial charge on any atom is 0.201 e. The van der Waals surface area contributed by atoms with Gasteiger partial charge in [-0.3, -0.25) is 0 Å². The lowest BCUT2D eigenvalue weighted by atomic mass is 10.2. The van der Waals surface area contributed by atoms with Crippen LogP contribution in [0, 0.1) is 13.8 Å². The molecule has 5 nitrogen and oxygen atoms in total. The van der Waals surface area contributed by atoms with E-state index in [0.29, 0.717) is 11.1 Å². The molecule has 0 radical (unpaired) electrons. The van der Waals surface area contributed by atoms with Crippen molar-refractivity contribution < 1.29 is 25.2 Å². The second-order valence-electron chi connectivity index (χ2n) is 4.36. The Morgan fingerprint density at radius 2 is 1.05 bits per heavy atom. The van der Waals surface area contributed by atoms with Gasteiger partial charge in [0.05, 0.1) is 0 Å². The smallest absolute Gasteiger partial charge is 0.201 e. The Morgan fingerprint density at radius 1 is 0.684 bits per heavy atom. The Morgan fingerprint density at radius 3 is 1.42 bits per heavy atom. The maximum absolute atomic E-state index is 9.69. The number of phenols is 4. The summed E-state index contributed by atoms with van der Waals surface area (Å²) in [4.78, 5) is 0. The lowest BCUT2D eigenvalue weighted by molar-refractivity contribution is 0.350. The SMILES string of the molecule is Cc1cc(O)c(O)c(Oc2cc(C)cc(O)c2O)c1. The molecule has 0 amide bonds. The minimum atomic E-state index is -0.425. The van der Waals surface area contributed by atoms with Crippen LogP contribution in [0.3, 0.4) is 0 Å². The zero-order valence-corrected chi connectivity index (χ0v) is 10.5. The quantitative estimate of drug-likeness (QED) is 0.625. The topological polar surface area (TPSA) is 90.2 Å². The van der Waals surface area contributed by atoms with Crippen LogP contribution in [-0.4, -0.2) is 20.4 Å². The molecule has 5 heteroatoms. The fourth-order valence-corrected chi connectivity index (χ4v) is 1.73. The van der Waals surface area contributed by atoms with Crippen molar-refractivity contribution in [3.05, 3.63) is 35.4 Å². The Labute approximate surface area is 110 Å². The van der Waals surface area contributed by atoms with Gasteiger partial charge in [-0.05, 0) is 49.2 Å². The molecule has 2 aromatic rings. The highest BCUT2D eigenvalue weighted by Crippen LogP contribution is 2.43. The molecular weight excluding hydrogens is 248 g/mol. The van der Waals surface area contributed by atoms with Gasteiger partial charge in [0.15, 0.2) is 23.0 Å². The number of benzene rings is 2. The molecule has 0 aliphatic carbocycles. The molecule has 0 spiro atoms. The Bertz CT molecular complexity index is 579. The summed E-state index contributed by atoms with van der Waals surface area (Å²) in [5, 5.41) is 38.4. The number of aryl methyl sites for hydroxylation is 2. The second kappa shape index (κ2) is 4.61. The van der Waals surface area contributed by atoms with Crippen molar-refractivity contribution in [1.29, 1.82) is 0 Å². The van der Waals surface area contributed by atoms with E-state index in [4.69, 9.17) is 4.74 Å². The van der Waals surface area contributed by atoms with Gasteiger partial charge < -0.3 is 25.2 Å². The van der Waals surface area contributed by atoms with Gasteiger partial charge in [0.25, 0.3) is 0 Å². The molecular formula is C14H14O5. The molecule has 0 saturated carbocycles. The average Bonchev–Trinajstić information content (AvgIpc) is 2.31. The number of hydrogen-bond acceptors (Lipinski definition) is 5. The summed E-state index contributed by atoms with van der Waals surface area (Å²) < 4.78 is 5.34. The number of hydrogen-bond donors (Lipinski definition) is 4. The van der Waals surface area contributed by atoms with E-state index in [0.717, 1.165) is 0 Å². The largest absolute Gasteiger partial charge is 0.504 e. The molecule has 2 rings (SSSR count). The summed E-state index contributed by atoms with van der Waals surface area (Å²) in [5.41, 5.74) is 1.36. The first-order chi connectivity index (χ1) is 8.88.